The second-order valence-electron chi connectivity index (χ2n) is 7.33. The number of nitrogens with two attached hydrogens (primary N) is 1. The first-order valence-electron chi connectivity index (χ1n) is 8.57. The average Bonchev–Trinajstić information content (AvgIpc) is 2.48. The average molecular weight is 302 g/mol. The standard InChI is InChI=1S/C19H30N2O/c1-19(2,13-12-15-8-4-3-5-9-15)21-18(22)14-16-10-6-7-11-17(16)20/h3-5,8-9,16-17H,6-7,10-14,20H2,1-2H3,(H,21,22). The summed E-state index contributed by atoms with van der Waals surface area (Å²) in [5.74, 6) is 0.513. The van der Waals surface area contributed by atoms with Gasteiger partial charge in [-0.05, 0) is 51.0 Å². The van der Waals surface area contributed by atoms with Gasteiger partial charge in [0.2, 0.25) is 5.91 Å². The Bertz CT molecular complexity index is 470. The van der Waals surface area contributed by atoms with E-state index in [-0.39, 0.29) is 17.5 Å². The highest BCUT2D eigenvalue weighted by molar-refractivity contribution is 5.77. The zero-order valence-corrected chi connectivity index (χ0v) is 14.0. The van der Waals surface area contributed by atoms with Crippen LogP contribution >= 0.6 is 0 Å². The predicted octanol–water partition coefficient (Wildman–Crippen LogP) is 3.42. The van der Waals surface area contributed by atoms with Crippen molar-refractivity contribution in [2.75, 3.05) is 0 Å². The Labute approximate surface area is 134 Å². The molecule has 3 N–H and O–H groups in total. The summed E-state index contributed by atoms with van der Waals surface area (Å²) in [6.07, 6.45) is 7.09. The maximum atomic E-state index is 12.3. The number of hydrogen-bond acceptors (Lipinski definition) is 2. The van der Waals surface area contributed by atoms with Gasteiger partial charge < -0.3 is 11.1 Å². The van der Waals surface area contributed by atoms with Crippen LogP contribution in [0.3, 0.4) is 0 Å². The Morgan fingerprint density at radius 3 is 2.59 bits per heavy atom. The molecule has 2 rings (SSSR count). The minimum absolute atomic E-state index is 0.153. The molecule has 1 saturated carbocycles. The first kappa shape index (κ1) is 17.0. The van der Waals surface area contributed by atoms with Crippen molar-refractivity contribution in [3.8, 4) is 0 Å². The first-order valence-corrected chi connectivity index (χ1v) is 8.57. The Morgan fingerprint density at radius 1 is 1.23 bits per heavy atom. The van der Waals surface area contributed by atoms with Gasteiger partial charge in [0, 0.05) is 18.0 Å². The van der Waals surface area contributed by atoms with E-state index < -0.39 is 0 Å². The van der Waals surface area contributed by atoms with Crippen LogP contribution < -0.4 is 11.1 Å². The van der Waals surface area contributed by atoms with Gasteiger partial charge in [-0.3, -0.25) is 4.79 Å². The summed E-state index contributed by atoms with van der Waals surface area (Å²) in [5.41, 5.74) is 7.29. The molecule has 0 heterocycles. The number of carbonyl (C=O) groups excluding carboxylic acids is 1. The van der Waals surface area contributed by atoms with Crippen LogP contribution in [0, 0.1) is 5.92 Å². The van der Waals surface area contributed by atoms with Gasteiger partial charge in [-0.1, -0.05) is 43.2 Å². The predicted molar refractivity (Wildman–Crippen MR) is 91.5 cm³/mol. The van der Waals surface area contributed by atoms with E-state index in [2.05, 4.69) is 43.4 Å². The third kappa shape index (κ3) is 5.45. The van der Waals surface area contributed by atoms with Gasteiger partial charge in [0.15, 0.2) is 0 Å². The highest BCUT2D eigenvalue weighted by Crippen LogP contribution is 2.26. The highest BCUT2D eigenvalue weighted by Gasteiger charge is 2.26. The normalized spacial score (nSPS) is 22.3. The molecule has 0 saturated heterocycles. The largest absolute Gasteiger partial charge is 0.351 e. The van der Waals surface area contributed by atoms with Crippen molar-refractivity contribution in [3.05, 3.63) is 35.9 Å². The molecule has 3 heteroatoms. The van der Waals surface area contributed by atoms with E-state index in [9.17, 15) is 4.79 Å². The summed E-state index contributed by atoms with van der Waals surface area (Å²) >= 11 is 0. The molecule has 0 spiro atoms. The SMILES string of the molecule is CC(C)(CCc1ccccc1)NC(=O)CC1CCCCC1N. The molecule has 0 radical (unpaired) electrons. The van der Waals surface area contributed by atoms with Gasteiger partial charge in [-0.2, -0.15) is 0 Å². The van der Waals surface area contributed by atoms with Crippen LogP contribution in [0.1, 0.15) is 57.9 Å². The number of nitrogens with one attached hydrogen (secondary N) is 1. The minimum atomic E-state index is -0.175. The van der Waals surface area contributed by atoms with Gasteiger partial charge in [0.1, 0.15) is 0 Å². The molecule has 1 amide bonds. The number of amides is 1. The van der Waals surface area contributed by atoms with Crippen LogP contribution in [0.15, 0.2) is 30.3 Å². The monoisotopic (exact) mass is 302 g/mol. The van der Waals surface area contributed by atoms with E-state index in [1.807, 2.05) is 6.07 Å². The molecule has 1 aromatic rings. The smallest absolute Gasteiger partial charge is 0.220 e. The Balaban J connectivity index is 1.78. The number of rotatable bonds is 6. The summed E-state index contributed by atoms with van der Waals surface area (Å²) in [5, 5.41) is 3.20. The van der Waals surface area contributed by atoms with Crippen LogP contribution in [-0.2, 0) is 11.2 Å². The molecule has 1 aromatic carbocycles. The van der Waals surface area contributed by atoms with Crippen molar-refractivity contribution in [1.82, 2.24) is 5.32 Å². The summed E-state index contributed by atoms with van der Waals surface area (Å²) in [6, 6.07) is 10.6. The second-order valence-corrected chi connectivity index (χ2v) is 7.33. The summed E-state index contributed by atoms with van der Waals surface area (Å²) in [6.45, 7) is 4.21. The lowest BCUT2D eigenvalue weighted by atomic mass is 9.82. The second kappa shape index (κ2) is 7.77. The quantitative estimate of drug-likeness (QED) is 0.846. The molecule has 1 fully saturated rings. The summed E-state index contributed by atoms with van der Waals surface area (Å²) in [4.78, 5) is 12.3. The lowest BCUT2D eigenvalue weighted by Crippen LogP contribution is -2.46. The van der Waals surface area contributed by atoms with E-state index in [1.54, 1.807) is 0 Å². The molecule has 3 nitrogen and oxygen atoms in total. The lowest BCUT2D eigenvalue weighted by molar-refractivity contribution is -0.124. The Morgan fingerprint density at radius 2 is 1.91 bits per heavy atom. The van der Waals surface area contributed by atoms with E-state index in [4.69, 9.17) is 5.73 Å². The molecule has 0 bridgehead atoms. The van der Waals surface area contributed by atoms with Gasteiger partial charge in [0.25, 0.3) is 0 Å². The van der Waals surface area contributed by atoms with Crippen molar-refractivity contribution < 1.29 is 4.79 Å². The Kier molecular flexibility index (Phi) is 6.01. The van der Waals surface area contributed by atoms with Crippen molar-refractivity contribution in [1.29, 1.82) is 0 Å². The van der Waals surface area contributed by atoms with Crippen LogP contribution in [0.4, 0.5) is 0 Å². The number of aryl methyl sites for hydroxylation is 1. The highest BCUT2D eigenvalue weighted by atomic mass is 16.1. The van der Waals surface area contributed by atoms with Crippen LogP contribution in [-0.4, -0.2) is 17.5 Å². The number of hydrogen-bond donors (Lipinski definition) is 2. The molecule has 0 aromatic heterocycles. The summed E-state index contributed by atoms with van der Waals surface area (Å²) < 4.78 is 0. The van der Waals surface area contributed by atoms with Gasteiger partial charge in [-0.25, -0.2) is 0 Å². The zero-order chi connectivity index (χ0) is 16.0. The molecule has 2 unspecified atom stereocenters. The topological polar surface area (TPSA) is 55.1 Å². The van der Waals surface area contributed by atoms with E-state index in [0.29, 0.717) is 12.3 Å². The number of carbonyl (C=O) groups is 1. The fourth-order valence-corrected chi connectivity index (χ4v) is 3.32. The lowest BCUT2D eigenvalue weighted by Gasteiger charge is -2.31. The third-order valence-electron chi connectivity index (χ3n) is 4.77. The van der Waals surface area contributed by atoms with E-state index in [0.717, 1.165) is 25.7 Å². The number of benzene rings is 1. The summed E-state index contributed by atoms with van der Waals surface area (Å²) in [7, 11) is 0. The third-order valence-corrected chi connectivity index (χ3v) is 4.77. The first-order chi connectivity index (χ1) is 10.5. The molecular weight excluding hydrogens is 272 g/mol. The van der Waals surface area contributed by atoms with Crippen LogP contribution in [0.5, 0.6) is 0 Å². The van der Waals surface area contributed by atoms with E-state index >= 15 is 0 Å². The van der Waals surface area contributed by atoms with Gasteiger partial charge in [0.05, 0.1) is 0 Å². The maximum Gasteiger partial charge on any atom is 0.220 e. The molecular formula is C19H30N2O. The van der Waals surface area contributed by atoms with Crippen LogP contribution in [0.25, 0.3) is 0 Å². The van der Waals surface area contributed by atoms with E-state index in [1.165, 1.54) is 18.4 Å². The fraction of sp³-hybridized carbons (Fsp3) is 0.632. The van der Waals surface area contributed by atoms with Crippen molar-refractivity contribution in [3.63, 3.8) is 0 Å². The van der Waals surface area contributed by atoms with Crippen molar-refractivity contribution >= 4 is 5.91 Å². The molecule has 1 aliphatic rings. The molecule has 22 heavy (non-hydrogen) atoms. The molecule has 122 valence electrons. The zero-order valence-electron chi connectivity index (χ0n) is 14.0. The fourth-order valence-electron chi connectivity index (χ4n) is 3.32. The van der Waals surface area contributed by atoms with Gasteiger partial charge >= 0.3 is 0 Å². The minimum Gasteiger partial charge on any atom is -0.351 e. The van der Waals surface area contributed by atoms with Crippen LogP contribution in [0.2, 0.25) is 0 Å². The molecule has 1 aliphatic carbocycles. The van der Waals surface area contributed by atoms with Gasteiger partial charge in [-0.15, -0.1) is 0 Å². The molecule has 2 atom stereocenters. The van der Waals surface area contributed by atoms with Crippen molar-refractivity contribution in [2.45, 2.75) is 70.4 Å². The maximum absolute atomic E-state index is 12.3. The molecule has 0 aliphatic heterocycles. The Hall–Kier alpha value is -1.35. The van der Waals surface area contributed by atoms with Crippen molar-refractivity contribution in [2.24, 2.45) is 11.7 Å².